The Labute approximate surface area is 147 Å². The van der Waals surface area contributed by atoms with Gasteiger partial charge in [0, 0.05) is 0 Å². The molecule has 2 aliphatic rings. The zero-order valence-corrected chi connectivity index (χ0v) is 15.0. The Balaban J connectivity index is 2.02. The molecule has 4 nitrogen and oxygen atoms in total. The molecule has 2 atom stereocenters. The minimum absolute atomic E-state index is 0.0417. The fourth-order valence-corrected chi connectivity index (χ4v) is 4.35. The van der Waals surface area contributed by atoms with Crippen molar-refractivity contribution < 1.29 is 0 Å². The third kappa shape index (κ3) is 6.23. The molecule has 0 aromatic heterocycles. The van der Waals surface area contributed by atoms with E-state index in [1.807, 2.05) is 0 Å². The average molecular weight is 329 g/mol. The van der Waals surface area contributed by atoms with Gasteiger partial charge in [-0.25, -0.2) is 0 Å². The van der Waals surface area contributed by atoms with E-state index in [-0.39, 0.29) is 12.1 Å². The van der Waals surface area contributed by atoms with Crippen molar-refractivity contribution in [3.63, 3.8) is 0 Å². The van der Waals surface area contributed by atoms with Crippen LogP contribution in [0.4, 0.5) is 0 Å². The maximum atomic E-state index is 9.19. The predicted octanol–water partition coefficient (Wildman–Crippen LogP) is 5.94. The largest absolute Gasteiger partial charge is 0.198 e. The van der Waals surface area contributed by atoms with Gasteiger partial charge in [-0.2, -0.15) is 20.8 Å². The quantitative estimate of drug-likeness (QED) is 0.447. The molecule has 132 valence electrons. The van der Waals surface area contributed by atoms with Gasteiger partial charge in [-0.3, -0.25) is 0 Å². The molecule has 0 N–H and O–H groups in total. The molecule has 24 heavy (non-hydrogen) atoms. The molecule has 0 radical (unpaired) electrons. The second kappa shape index (κ2) is 11.2. The van der Waals surface area contributed by atoms with Gasteiger partial charge in [0.05, 0.1) is 37.1 Å². The maximum Gasteiger partial charge on any atom is 0.0866 e. The molecule has 0 bridgehead atoms. The Hall–Kier alpha value is -1.42. The molecule has 0 spiro atoms. The minimum Gasteiger partial charge on any atom is -0.198 e. The number of azo groups is 1. The summed E-state index contributed by atoms with van der Waals surface area (Å²) in [6.45, 7) is 0. The summed E-state index contributed by atoms with van der Waals surface area (Å²) in [5.74, 6) is 1.01. The lowest BCUT2D eigenvalue weighted by atomic mass is 9.90. The van der Waals surface area contributed by atoms with E-state index in [9.17, 15) is 10.5 Å². The number of nitriles is 2. The molecule has 2 aliphatic carbocycles. The monoisotopic (exact) mass is 328 g/mol. The third-order valence-corrected chi connectivity index (χ3v) is 5.85. The second-order valence-corrected chi connectivity index (χ2v) is 7.59. The summed E-state index contributed by atoms with van der Waals surface area (Å²) in [7, 11) is 0. The summed E-state index contributed by atoms with van der Waals surface area (Å²) >= 11 is 0. The van der Waals surface area contributed by atoms with Crippen molar-refractivity contribution in [2.24, 2.45) is 22.1 Å². The van der Waals surface area contributed by atoms with Crippen molar-refractivity contribution in [1.82, 2.24) is 0 Å². The Morgan fingerprint density at radius 3 is 1.25 bits per heavy atom. The van der Waals surface area contributed by atoms with Gasteiger partial charge in [0.1, 0.15) is 0 Å². The van der Waals surface area contributed by atoms with Crippen LogP contribution in [0.15, 0.2) is 10.2 Å². The van der Waals surface area contributed by atoms with Gasteiger partial charge in [-0.1, -0.05) is 51.4 Å². The lowest BCUT2D eigenvalue weighted by molar-refractivity contribution is 0.334. The van der Waals surface area contributed by atoms with Gasteiger partial charge in [0.2, 0.25) is 0 Å². The Kier molecular flexibility index (Phi) is 8.82. The molecule has 0 aromatic carbocycles. The standard InChI is InChI=1S/C20H32N4/c21-15-13-19(17-9-5-1-2-6-10-17)23-24-20(14-16-22)18-11-7-3-4-8-12-18/h17-20H,1-14H2. The first-order chi connectivity index (χ1) is 11.8. The van der Waals surface area contributed by atoms with E-state index in [1.54, 1.807) is 0 Å². The smallest absolute Gasteiger partial charge is 0.0866 e. The highest BCUT2D eigenvalue weighted by Crippen LogP contribution is 2.31. The molecule has 0 aromatic rings. The zero-order chi connectivity index (χ0) is 17.0. The van der Waals surface area contributed by atoms with Crippen LogP contribution in [0.25, 0.3) is 0 Å². The Bertz CT molecular complexity index is 401. The van der Waals surface area contributed by atoms with Crippen molar-refractivity contribution >= 4 is 0 Å². The third-order valence-electron chi connectivity index (χ3n) is 5.85. The van der Waals surface area contributed by atoms with E-state index in [1.165, 1.54) is 77.0 Å². The van der Waals surface area contributed by atoms with Gasteiger partial charge in [0.25, 0.3) is 0 Å². The highest BCUT2D eigenvalue weighted by molar-refractivity contribution is 4.89. The van der Waals surface area contributed by atoms with Crippen LogP contribution >= 0.6 is 0 Å². The summed E-state index contributed by atoms with van der Waals surface area (Å²) in [5, 5.41) is 27.7. The summed E-state index contributed by atoms with van der Waals surface area (Å²) in [4.78, 5) is 0. The highest BCUT2D eigenvalue weighted by atomic mass is 15.1. The normalized spacial score (nSPS) is 23.8. The van der Waals surface area contributed by atoms with Crippen molar-refractivity contribution in [1.29, 1.82) is 10.5 Å². The second-order valence-electron chi connectivity index (χ2n) is 7.59. The van der Waals surface area contributed by atoms with Crippen LogP contribution < -0.4 is 0 Å². The van der Waals surface area contributed by atoms with Crippen LogP contribution in [0.2, 0.25) is 0 Å². The topological polar surface area (TPSA) is 72.3 Å². The SMILES string of the molecule is N#CCC(N=NC(CC#N)C1CCCCCC1)C1CCCCCC1. The van der Waals surface area contributed by atoms with Gasteiger partial charge in [-0.15, -0.1) is 0 Å². The van der Waals surface area contributed by atoms with E-state index < -0.39 is 0 Å². The maximum absolute atomic E-state index is 9.19. The summed E-state index contributed by atoms with van der Waals surface area (Å²) < 4.78 is 0. The Morgan fingerprint density at radius 1 is 0.625 bits per heavy atom. The van der Waals surface area contributed by atoms with Crippen molar-refractivity contribution in [2.75, 3.05) is 0 Å². The first-order valence-electron chi connectivity index (χ1n) is 9.99. The van der Waals surface area contributed by atoms with Crippen molar-refractivity contribution in [2.45, 2.75) is 102 Å². The van der Waals surface area contributed by atoms with E-state index in [0.29, 0.717) is 24.7 Å². The molecule has 0 amide bonds. The number of rotatable bonds is 6. The summed E-state index contributed by atoms with van der Waals surface area (Å²) in [6, 6.07) is 4.71. The molecule has 0 aliphatic heterocycles. The Morgan fingerprint density at radius 2 is 0.958 bits per heavy atom. The summed E-state index contributed by atoms with van der Waals surface area (Å²) in [6.07, 6.45) is 15.9. The molecular formula is C20H32N4. The molecular weight excluding hydrogens is 296 g/mol. The van der Waals surface area contributed by atoms with E-state index >= 15 is 0 Å². The van der Waals surface area contributed by atoms with Gasteiger partial charge >= 0.3 is 0 Å². The minimum atomic E-state index is 0.0417. The van der Waals surface area contributed by atoms with Crippen LogP contribution in [0, 0.1) is 34.5 Å². The molecule has 4 heteroatoms. The van der Waals surface area contributed by atoms with Crippen LogP contribution in [0.5, 0.6) is 0 Å². The van der Waals surface area contributed by atoms with E-state index in [0.717, 1.165) is 0 Å². The molecule has 0 heterocycles. The zero-order valence-electron chi connectivity index (χ0n) is 15.0. The fourth-order valence-electron chi connectivity index (χ4n) is 4.35. The molecule has 2 unspecified atom stereocenters. The van der Waals surface area contributed by atoms with Crippen molar-refractivity contribution in [3.05, 3.63) is 0 Å². The molecule has 0 saturated heterocycles. The average Bonchev–Trinajstić information content (AvgIpc) is 3.02. The number of hydrogen-bond acceptors (Lipinski definition) is 4. The highest BCUT2D eigenvalue weighted by Gasteiger charge is 2.25. The van der Waals surface area contributed by atoms with Gasteiger partial charge < -0.3 is 0 Å². The van der Waals surface area contributed by atoms with Gasteiger partial charge in [-0.05, 0) is 37.5 Å². The lowest BCUT2D eigenvalue weighted by Crippen LogP contribution is -2.21. The van der Waals surface area contributed by atoms with Crippen molar-refractivity contribution in [3.8, 4) is 12.1 Å². The first kappa shape index (κ1) is 18.9. The van der Waals surface area contributed by atoms with Crippen LogP contribution in [0.3, 0.4) is 0 Å². The number of hydrogen-bond donors (Lipinski definition) is 0. The van der Waals surface area contributed by atoms with Gasteiger partial charge in [0.15, 0.2) is 0 Å². The molecule has 2 saturated carbocycles. The van der Waals surface area contributed by atoms with E-state index in [4.69, 9.17) is 0 Å². The first-order valence-corrected chi connectivity index (χ1v) is 9.99. The summed E-state index contributed by atoms with van der Waals surface area (Å²) in [5.41, 5.74) is 0. The van der Waals surface area contributed by atoms with Crippen LogP contribution in [0.1, 0.15) is 89.9 Å². The fraction of sp³-hybridized carbons (Fsp3) is 0.900. The predicted molar refractivity (Wildman–Crippen MR) is 95.3 cm³/mol. The molecule has 2 fully saturated rings. The van der Waals surface area contributed by atoms with E-state index in [2.05, 4.69) is 22.4 Å². The molecule has 2 rings (SSSR count). The van der Waals surface area contributed by atoms with Crippen LogP contribution in [-0.2, 0) is 0 Å². The lowest BCUT2D eigenvalue weighted by Gasteiger charge is -2.22. The number of nitrogens with zero attached hydrogens (tertiary/aromatic N) is 4. The van der Waals surface area contributed by atoms with Crippen LogP contribution in [-0.4, -0.2) is 12.1 Å².